The number of benzene rings is 3. The second kappa shape index (κ2) is 7.99. The van der Waals surface area contributed by atoms with Crippen LogP contribution in [0.4, 0.5) is 5.69 Å². The molecule has 0 saturated carbocycles. The van der Waals surface area contributed by atoms with Crippen molar-refractivity contribution in [1.29, 1.82) is 0 Å². The Morgan fingerprint density at radius 1 is 0.897 bits per heavy atom. The summed E-state index contributed by atoms with van der Waals surface area (Å²) in [5, 5.41) is 3.18. The highest BCUT2D eigenvalue weighted by atomic mass is 35.5. The Bertz CT molecular complexity index is 1150. The van der Waals surface area contributed by atoms with Crippen molar-refractivity contribution in [3.63, 3.8) is 0 Å². The maximum atomic E-state index is 13.4. The fourth-order valence-electron chi connectivity index (χ4n) is 3.48. The zero-order chi connectivity index (χ0) is 20.4. The summed E-state index contributed by atoms with van der Waals surface area (Å²) in [7, 11) is -3.86. The van der Waals surface area contributed by atoms with E-state index in [0.29, 0.717) is 17.1 Å². The van der Waals surface area contributed by atoms with E-state index in [2.05, 4.69) is 5.32 Å². The molecule has 0 spiro atoms. The van der Waals surface area contributed by atoms with Crippen molar-refractivity contribution in [1.82, 2.24) is 4.31 Å². The lowest BCUT2D eigenvalue weighted by Gasteiger charge is -2.35. The summed E-state index contributed by atoms with van der Waals surface area (Å²) >= 11 is 6.16. The standard InChI is InChI=1S/C22H19ClN2O3S/c23-19-12-6-7-13-20(19)24-22(26)21-14-16-8-4-5-9-17(16)15-25(21)29(27,28)18-10-2-1-3-11-18/h1-13,21H,14-15H2,(H,24,26). The van der Waals surface area contributed by atoms with Gasteiger partial charge in [0.15, 0.2) is 0 Å². The van der Waals surface area contributed by atoms with Gasteiger partial charge in [-0.05, 0) is 41.8 Å². The van der Waals surface area contributed by atoms with Gasteiger partial charge in [-0.15, -0.1) is 0 Å². The molecule has 148 valence electrons. The van der Waals surface area contributed by atoms with Gasteiger partial charge >= 0.3 is 0 Å². The van der Waals surface area contributed by atoms with Gasteiger partial charge in [0.25, 0.3) is 0 Å². The molecule has 4 rings (SSSR count). The molecule has 1 aliphatic heterocycles. The first-order valence-corrected chi connectivity index (χ1v) is 11.0. The van der Waals surface area contributed by atoms with Gasteiger partial charge in [0.2, 0.25) is 15.9 Å². The summed E-state index contributed by atoms with van der Waals surface area (Å²) < 4.78 is 28.0. The van der Waals surface area contributed by atoms with Crippen molar-refractivity contribution in [2.75, 3.05) is 5.32 Å². The predicted molar refractivity (Wildman–Crippen MR) is 113 cm³/mol. The molecule has 0 aromatic heterocycles. The number of anilines is 1. The van der Waals surface area contributed by atoms with Gasteiger partial charge in [-0.1, -0.05) is 66.2 Å². The van der Waals surface area contributed by atoms with Gasteiger partial charge in [0, 0.05) is 6.54 Å². The van der Waals surface area contributed by atoms with E-state index in [1.807, 2.05) is 24.3 Å². The van der Waals surface area contributed by atoms with Gasteiger partial charge in [0.05, 0.1) is 15.6 Å². The van der Waals surface area contributed by atoms with Crippen molar-refractivity contribution in [3.8, 4) is 0 Å². The Morgan fingerprint density at radius 3 is 2.24 bits per heavy atom. The molecule has 1 amide bonds. The maximum Gasteiger partial charge on any atom is 0.244 e. The minimum atomic E-state index is -3.86. The SMILES string of the molecule is O=C(Nc1ccccc1Cl)C1Cc2ccccc2CN1S(=O)(=O)c1ccccc1. The van der Waals surface area contributed by atoms with E-state index >= 15 is 0 Å². The van der Waals surface area contributed by atoms with E-state index in [4.69, 9.17) is 11.6 Å². The minimum Gasteiger partial charge on any atom is -0.323 e. The van der Waals surface area contributed by atoms with Crippen LogP contribution < -0.4 is 5.32 Å². The molecule has 1 atom stereocenters. The lowest BCUT2D eigenvalue weighted by atomic mass is 9.95. The van der Waals surface area contributed by atoms with Crippen molar-refractivity contribution in [2.45, 2.75) is 23.9 Å². The molecule has 29 heavy (non-hydrogen) atoms. The number of carbonyl (C=O) groups excluding carboxylic acids is 1. The van der Waals surface area contributed by atoms with Crippen LogP contribution in [0.15, 0.2) is 83.8 Å². The number of sulfonamides is 1. The van der Waals surface area contributed by atoms with Crippen molar-refractivity contribution >= 4 is 33.2 Å². The van der Waals surface area contributed by atoms with E-state index in [9.17, 15) is 13.2 Å². The first-order valence-electron chi connectivity index (χ1n) is 9.16. The van der Waals surface area contributed by atoms with Crippen molar-refractivity contribution in [2.24, 2.45) is 0 Å². The number of nitrogens with zero attached hydrogens (tertiary/aromatic N) is 1. The average Bonchev–Trinajstić information content (AvgIpc) is 2.75. The number of nitrogens with one attached hydrogen (secondary N) is 1. The number of para-hydroxylation sites is 1. The second-order valence-electron chi connectivity index (χ2n) is 6.82. The summed E-state index contributed by atoms with van der Waals surface area (Å²) in [6, 6.07) is 21.8. The molecule has 1 unspecified atom stereocenters. The third-order valence-electron chi connectivity index (χ3n) is 4.99. The van der Waals surface area contributed by atoms with Gasteiger partial charge in [-0.3, -0.25) is 4.79 Å². The molecule has 1 aliphatic rings. The van der Waals surface area contributed by atoms with E-state index < -0.39 is 22.0 Å². The Morgan fingerprint density at radius 2 is 1.52 bits per heavy atom. The normalized spacial score (nSPS) is 16.8. The molecule has 3 aromatic rings. The number of rotatable bonds is 4. The molecule has 5 nitrogen and oxygen atoms in total. The highest BCUT2D eigenvalue weighted by Crippen LogP contribution is 2.30. The summed E-state index contributed by atoms with van der Waals surface area (Å²) in [5.41, 5.74) is 2.32. The summed E-state index contributed by atoms with van der Waals surface area (Å²) in [6.45, 7) is 0.133. The third kappa shape index (κ3) is 3.92. The number of fused-ring (bicyclic) bond motifs is 1. The van der Waals surface area contributed by atoms with Gasteiger partial charge in [-0.25, -0.2) is 8.42 Å². The van der Waals surface area contributed by atoms with Gasteiger partial charge in [0.1, 0.15) is 6.04 Å². The second-order valence-corrected chi connectivity index (χ2v) is 9.12. The van der Waals surface area contributed by atoms with E-state index in [0.717, 1.165) is 11.1 Å². The molecule has 0 aliphatic carbocycles. The predicted octanol–water partition coefficient (Wildman–Crippen LogP) is 4.09. The van der Waals surface area contributed by atoms with Crippen LogP contribution in [-0.2, 0) is 27.8 Å². The van der Waals surface area contributed by atoms with Crippen LogP contribution in [0.25, 0.3) is 0 Å². The largest absolute Gasteiger partial charge is 0.323 e. The van der Waals surface area contributed by atoms with Crippen LogP contribution in [0.3, 0.4) is 0 Å². The fourth-order valence-corrected chi connectivity index (χ4v) is 5.25. The fraction of sp³-hybridized carbons (Fsp3) is 0.136. The molecule has 7 heteroatoms. The van der Waals surface area contributed by atoms with Gasteiger partial charge < -0.3 is 5.32 Å². The maximum absolute atomic E-state index is 13.4. The van der Waals surface area contributed by atoms with Crippen molar-refractivity contribution < 1.29 is 13.2 Å². The van der Waals surface area contributed by atoms with Crippen LogP contribution in [0.5, 0.6) is 0 Å². The number of hydrogen-bond acceptors (Lipinski definition) is 3. The summed E-state index contributed by atoms with van der Waals surface area (Å²) in [4.78, 5) is 13.3. The smallest absolute Gasteiger partial charge is 0.244 e. The van der Waals surface area contributed by atoms with Crippen LogP contribution in [-0.4, -0.2) is 24.7 Å². The van der Waals surface area contributed by atoms with E-state index in [1.54, 1.807) is 54.6 Å². The molecular weight excluding hydrogens is 408 g/mol. The summed E-state index contributed by atoms with van der Waals surface area (Å²) in [5.74, 6) is -0.410. The number of halogens is 1. The minimum absolute atomic E-state index is 0.133. The number of carbonyl (C=O) groups is 1. The van der Waals surface area contributed by atoms with Crippen LogP contribution in [0.2, 0.25) is 5.02 Å². The quantitative estimate of drug-likeness (QED) is 0.683. The number of amides is 1. The van der Waals surface area contributed by atoms with Crippen LogP contribution in [0, 0.1) is 0 Å². The highest BCUT2D eigenvalue weighted by Gasteiger charge is 2.39. The van der Waals surface area contributed by atoms with E-state index in [1.165, 1.54) is 4.31 Å². The molecule has 0 fully saturated rings. The topological polar surface area (TPSA) is 66.5 Å². The molecule has 0 saturated heterocycles. The molecule has 0 radical (unpaired) electrons. The van der Waals surface area contributed by atoms with Gasteiger partial charge in [-0.2, -0.15) is 4.31 Å². The third-order valence-corrected chi connectivity index (χ3v) is 7.19. The van der Waals surface area contributed by atoms with Crippen LogP contribution in [0.1, 0.15) is 11.1 Å². The molecular formula is C22H19ClN2O3S. The lowest BCUT2D eigenvalue weighted by Crippen LogP contribution is -2.50. The first-order chi connectivity index (χ1) is 14.0. The van der Waals surface area contributed by atoms with Crippen LogP contribution >= 0.6 is 11.6 Å². The van der Waals surface area contributed by atoms with E-state index in [-0.39, 0.29) is 11.4 Å². The Hall–Kier alpha value is -2.67. The lowest BCUT2D eigenvalue weighted by molar-refractivity contribution is -0.120. The Kier molecular flexibility index (Phi) is 5.41. The summed E-state index contributed by atoms with van der Waals surface area (Å²) in [6.07, 6.45) is 0.290. The Labute approximate surface area is 175 Å². The zero-order valence-electron chi connectivity index (χ0n) is 15.5. The average molecular weight is 427 g/mol. The monoisotopic (exact) mass is 426 g/mol. The molecule has 1 N–H and O–H groups in total. The number of hydrogen-bond donors (Lipinski definition) is 1. The molecule has 3 aromatic carbocycles. The zero-order valence-corrected chi connectivity index (χ0v) is 17.0. The highest BCUT2D eigenvalue weighted by molar-refractivity contribution is 7.89. The molecule has 1 heterocycles. The molecule has 0 bridgehead atoms. The Balaban J connectivity index is 1.73. The van der Waals surface area contributed by atoms with Crippen molar-refractivity contribution in [3.05, 3.63) is 95.0 Å². The first kappa shape index (κ1) is 19.6.